The zero-order valence-corrected chi connectivity index (χ0v) is 13.6. The maximum absolute atomic E-state index is 11.9. The number of amides is 1. The van der Waals surface area contributed by atoms with Crippen LogP contribution in [0.2, 0.25) is 0 Å². The Balaban J connectivity index is 2.20. The molecule has 6 nitrogen and oxygen atoms in total. The fourth-order valence-corrected chi connectivity index (χ4v) is 2.49. The number of esters is 1. The van der Waals surface area contributed by atoms with Crippen molar-refractivity contribution in [3.63, 3.8) is 0 Å². The van der Waals surface area contributed by atoms with Crippen LogP contribution in [-0.2, 0) is 14.3 Å². The average Bonchev–Trinajstić information content (AvgIpc) is 2.51. The van der Waals surface area contributed by atoms with Crippen molar-refractivity contribution in [3.8, 4) is 0 Å². The van der Waals surface area contributed by atoms with Crippen LogP contribution in [0.5, 0.6) is 0 Å². The number of carbonyl (C=O) groups is 2. The van der Waals surface area contributed by atoms with Crippen LogP contribution in [0.15, 0.2) is 0 Å². The maximum Gasteiger partial charge on any atom is 0.306 e. The first-order valence-corrected chi connectivity index (χ1v) is 7.89. The van der Waals surface area contributed by atoms with Crippen LogP contribution in [0.3, 0.4) is 0 Å². The van der Waals surface area contributed by atoms with Gasteiger partial charge in [-0.15, -0.1) is 0 Å². The van der Waals surface area contributed by atoms with Crippen LogP contribution >= 0.6 is 0 Å². The lowest BCUT2D eigenvalue weighted by atomic mass is 10.2. The summed E-state index contributed by atoms with van der Waals surface area (Å²) < 4.78 is 4.64. The summed E-state index contributed by atoms with van der Waals surface area (Å²) in [6.45, 7) is 8.93. The van der Waals surface area contributed by atoms with Crippen molar-refractivity contribution in [1.29, 1.82) is 0 Å². The smallest absolute Gasteiger partial charge is 0.306 e. The molecule has 1 N–H and O–H groups in total. The Kier molecular flexibility index (Phi) is 8.30. The van der Waals surface area contributed by atoms with Crippen LogP contribution in [0.4, 0.5) is 0 Å². The molecule has 1 saturated heterocycles. The molecule has 0 aromatic rings. The molecule has 1 aliphatic heterocycles. The monoisotopic (exact) mass is 299 g/mol. The number of methoxy groups -OCH3 is 1. The second-order valence-electron chi connectivity index (χ2n) is 5.52. The number of carbonyl (C=O) groups excluding carboxylic acids is 2. The topological polar surface area (TPSA) is 61.9 Å². The van der Waals surface area contributed by atoms with Crippen molar-refractivity contribution in [3.05, 3.63) is 0 Å². The number of hydrogen-bond donors (Lipinski definition) is 1. The van der Waals surface area contributed by atoms with Gasteiger partial charge in [-0.1, -0.05) is 13.8 Å². The fraction of sp³-hybridized carbons (Fsp3) is 0.867. The molecule has 0 aliphatic carbocycles. The van der Waals surface area contributed by atoms with Crippen molar-refractivity contribution in [1.82, 2.24) is 15.1 Å². The van der Waals surface area contributed by atoms with Crippen LogP contribution in [0.1, 0.15) is 33.1 Å². The molecule has 0 atom stereocenters. The number of piperazine rings is 1. The third kappa shape index (κ3) is 6.91. The first-order chi connectivity index (χ1) is 10.1. The van der Waals surface area contributed by atoms with E-state index in [0.29, 0.717) is 19.0 Å². The van der Waals surface area contributed by atoms with Crippen molar-refractivity contribution < 1.29 is 14.3 Å². The Morgan fingerprint density at radius 3 is 2.19 bits per heavy atom. The molecule has 1 heterocycles. The van der Waals surface area contributed by atoms with E-state index in [2.05, 4.69) is 33.7 Å². The Labute approximate surface area is 127 Å². The second kappa shape index (κ2) is 9.73. The predicted molar refractivity (Wildman–Crippen MR) is 82.0 cm³/mol. The van der Waals surface area contributed by atoms with E-state index in [1.807, 2.05) is 0 Å². The summed E-state index contributed by atoms with van der Waals surface area (Å²) >= 11 is 0. The summed E-state index contributed by atoms with van der Waals surface area (Å²) in [7, 11) is 1.42. The maximum atomic E-state index is 11.9. The van der Waals surface area contributed by atoms with Gasteiger partial charge in [0, 0.05) is 38.8 Å². The van der Waals surface area contributed by atoms with Crippen molar-refractivity contribution in [2.45, 2.75) is 39.2 Å². The molecular formula is C15H29N3O3. The Morgan fingerprint density at radius 1 is 1.10 bits per heavy atom. The van der Waals surface area contributed by atoms with E-state index in [4.69, 9.17) is 0 Å². The molecule has 0 aromatic carbocycles. The number of nitrogens with zero attached hydrogens (tertiary/aromatic N) is 2. The second-order valence-corrected chi connectivity index (χ2v) is 5.52. The van der Waals surface area contributed by atoms with E-state index in [-0.39, 0.29) is 11.9 Å². The van der Waals surface area contributed by atoms with Gasteiger partial charge in [0.25, 0.3) is 0 Å². The van der Waals surface area contributed by atoms with Gasteiger partial charge in [0.2, 0.25) is 5.91 Å². The minimum absolute atomic E-state index is 0.117. The van der Waals surface area contributed by atoms with Crippen molar-refractivity contribution >= 4 is 11.9 Å². The molecule has 6 heteroatoms. The molecule has 122 valence electrons. The van der Waals surface area contributed by atoms with E-state index in [0.717, 1.165) is 45.6 Å². The third-order valence-corrected chi connectivity index (χ3v) is 4.04. The van der Waals surface area contributed by atoms with E-state index >= 15 is 0 Å². The lowest BCUT2D eigenvalue weighted by Gasteiger charge is -2.34. The quantitative estimate of drug-likeness (QED) is 0.660. The molecule has 0 saturated carbocycles. The lowest BCUT2D eigenvalue weighted by molar-refractivity contribution is -0.141. The predicted octanol–water partition coefficient (Wildman–Crippen LogP) is 0.472. The minimum atomic E-state index is -0.165. The molecule has 0 aromatic heterocycles. The summed E-state index contributed by atoms with van der Waals surface area (Å²) in [5, 5.41) is 3.07. The highest BCUT2D eigenvalue weighted by Gasteiger charge is 2.20. The molecule has 0 radical (unpaired) electrons. The van der Waals surface area contributed by atoms with Gasteiger partial charge in [-0.05, 0) is 12.8 Å². The van der Waals surface area contributed by atoms with Gasteiger partial charge in [-0.25, -0.2) is 0 Å². The van der Waals surface area contributed by atoms with E-state index in [9.17, 15) is 9.59 Å². The van der Waals surface area contributed by atoms with Gasteiger partial charge in [0.1, 0.15) is 0 Å². The molecule has 0 spiro atoms. The van der Waals surface area contributed by atoms with Crippen LogP contribution in [-0.4, -0.2) is 74.1 Å². The summed E-state index contributed by atoms with van der Waals surface area (Å²) in [6, 6.07) is 0.291. The highest BCUT2D eigenvalue weighted by Crippen LogP contribution is 2.03. The number of rotatable bonds is 8. The number of ether oxygens (including phenoxy) is 1. The first kappa shape index (κ1) is 17.9. The van der Waals surface area contributed by atoms with E-state index < -0.39 is 0 Å². The third-order valence-electron chi connectivity index (χ3n) is 4.04. The zero-order chi connectivity index (χ0) is 15.7. The van der Waals surface area contributed by atoms with Gasteiger partial charge in [-0.2, -0.15) is 0 Å². The molecule has 1 amide bonds. The van der Waals surface area contributed by atoms with Gasteiger partial charge in [0.05, 0.1) is 20.1 Å². The summed E-state index contributed by atoms with van der Waals surface area (Å²) in [6.07, 6.45) is 2.39. The minimum Gasteiger partial charge on any atom is -0.469 e. The molecule has 1 aliphatic rings. The van der Waals surface area contributed by atoms with Crippen LogP contribution in [0, 0.1) is 0 Å². The first-order valence-electron chi connectivity index (χ1n) is 7.89. The Hall–Kier alpha value is -1.14. The lowest BCUT2D eigenvalue weighted by Crippen LogP contribution is -2.50. The largest absolute Gasteiger partial charge is 0.469 e. The SMILES string of the molecule is CCC(CC)NC(=O)CN1CCN(CCC(=O)OC)CC1. The van der Waals surface area contributed by atoms with Crippen molar-refractivity contribution in [2.24, 2.45) is 0 Å². The molecule has 21 heavy (non-hydrogen) atoms. The van der Waals surface area contributed by atoms with Gasteiger partial charge < -0.3 is 15.0 Å². The van der Waals surface area contributed by atoms with E-state index in [1.165, 1.54) is 7.11 Å². The molecule has 0 unspecified atom stereocenters. The standard InChI is InChI=1S/C15H29N3O3/c1-4-13(5-2)16-14(19)12-18-10-8-17(9-11-18)7-6-15(20)21-3/h13H,4-12H2,1-3H3,(H,16,19). The van der Waals surface area contributed by atoms with Crippen LogP contribution < -0.4 is 5.32 Å². The van der Waals surface area contributed by atoms with Gasteiger partial charge >= 0.3 is 5.97 Å². The normalized spacial score (nSPS) is 17.0. The summed E-state index contributed by atoms with van der Waals surface area (Å²) in [4.78, 5) is 27.5. The Morgan fingerprint density at radius 2 is 1.67 bits per heavy atom. The highest BCUT2D eigenvalue weighted by molar-refractivity contribution is 5.78. The number of nitrogens with one attached hydrogen (secondary N) is 1. The average molecular weight is 299 g/mol. The molecule has 0 bridgehead atoms. The molecule has 1 rings (SSSR count). The zero-order valence-electron chi connectivity index (χ0n) is 13.6. The summed E-state index contributed by atoms with van der Waals surface area (Å²) in [5.74, 6) is -0.0475. The Bertz CT molecular complexity index is 324. The van der Waals surface area contributed by atoms with Gasteiger partial charge in [-0.3, -0.25) is 14.5 Å². The van der Waals surface area contributed by atoms with E-state index in [1.54, 1.807) is 0 Å². The fourth-order valence-electron chi connectivity index (χ4n) is 2.49. The molecular weight excluding hydrogens is 270 g/mol. The van der Waals surface area contributed by atoms with Gasteiger partial charge in [0.15, 0.2) is 0 Å². The van der Waals surface area contributed by atoms with Crippen LogP contribution in [0.25, 0.3) is 0 Å². The van der Waals surface area contributed by atoms with Crippen molar-refractivity contribution in [2.75, 3.05) is 46.4 Å². The summed E-state index contributed by atoms with van der Waals surface area (Å²) in [5.41, 5.74) is 0. The number of hydrogen-bond acceptors (Lipinski definition) is 5. The molecule has 1 fully saturated rings. The highest BCUT2D eigenvalue weighted by atomic mass is 16.5.